The van der Waals surface area contributed by atoms with Gasteiger partial charge in [0.15, 0.2) is 6.61 Å². The summed E-state index contributed by atoms with van der Waals surface area (Å²) in [5.74, 6) is -1.15. The van der Waals surface area contributed by atoms with Crippen LogP contribution in [0, 0.1) is 0 Å². The second-order valence-corrected chi connectivity index (χ2v) is 7.96. The van der Waals surface area contributed by atoms with E-state index in [9.17, 15) is 27.9 Å². The zero-order valence-corrected chi connectivity index (χ0v) is 18.0. The van der Waals surface area contributed by atoms with E-state index in [1.807, 2.05) is 12.1 Å². The Morgan fingerprint density at radius 3 is 2.76 bits per heavy atom. The van der Waals surface area contributed by atoms with Gasteiger partial charge in [-0.15, -0.1) is 0 Å². The van der Waals surface area contributed by atoms with Crippen molar-refractivity contribution in [3.05, 3.63) is 65.9 Å². The van der Waals surface area contributed by atoms with Crippen molar-refractivity contribution in [2.24, 2.45) is 0 Å². The van der Waals surface area contributed by atoms with Crippen LogP contribution in [0.3, 0.4) is 0 Å². The first-order chi connectivity index (χ1) is 16.2. The molecule has 2 amide bonds. The van der Waals surface area contributed by atoms with E-state index in [0.717, 1.165) is 5.39 Å². The molecule has 1 saturated heterocycles. The molecule has 1 aromatic heterocycles. The molecule has 0 bridgehead atoms. The van der Waals surface area contributed by atoms with Crippen molar-refractivity contribution in [3.8, 4) is 11.6 Å². The number of fused-ring (bicyclic) bond motifs is 1. The summed E-state index contributed by atoms with van der Waals surface area (Å²) in [5.41, 5.74) is 0.627. The molecule has 0 saturated carbocycles. The minimum Gasteiger partial charge on any atom is -0.506 e. The zero-order valence-electron chi connectivity index (χ0n) is 18.0. The minimum absolute atomic E-state index is 0.0312. The Labute approximate surface area is 193 Å². The Morgan fingerprint density at radius 2 is 1.97 bits per heavy atom. The Kier molecular flexibility index (Phi) is 6.58. The van der Waals surface area contributed by atoms with Crippen LogP contribution in [-0.2, 0) is 11.3 Å². The summed E-state index contributed by atoms with van der Waals surface area (Å²) in [6.07, 6.45) is -2.10. The van der Waals surface area contributed by atoms with Gasteiger partial charge < -0.3 is 20.1 Å². The monoisotopic (exact) mass is 473 g/mol. The number of carbonyl (C=O) groups excluding carboxylic acids is 2. The predicted octanol–water partition coefficient (Wildman–Crippen LogP) is 3.80. The summed E-state index contributed by atoms with van der Waals surface area (Å²) >= 11 is 0. The molecule has 1 aliphatic rings. The number of aromatic hydroxyl groups is 1. The predicted molar refractivity (Wildman–Crippen MR) is 117 cm³/mol. The molecule has 2 N–H and O–H groups in total. The third-order valence-corrected chi connectivity index (χ3v) is 5.60. The van der Waals surface area contributed by atoms with Crippen LogP contribution in [0.25, 0.3) is 10.8 Å². The number of pyridine rings is 1. The number of nitrogens with one attached hydrogen (secondary N) is 1. The molecule has 178 valence electrons. The third-order valence-electron chi connectivity index (χ3n) is 5.60. The lowest BCUT2D eigenvalue weighted by molar-refractivity contribution is -0.154. The van der Waals surface area contributed by atoms with Gasteiger partial charge in [0.25, 0.3) is 5.91 Å². The molecule has 3 aromatic rings. The lowest BCUT2D eigenvalue weighted by Gasteiger charge is -2.24. The first-order valence-corrected chi connectivity index (χ1v) is 10.7. The highest BCUT2D eigenvalue weighted by atomic mass is 19.4. The van der Waals surface area contributed by atoms with E-state index in [-0.39, 0.29) is 29.6 Å². The highest BCUT2D eigenvalue weighted by Crippen LogP contribution is 2.31. The summed E-state index contributed by atoms with van der Waals surface area (Å²) in [6, 6.07) is 12.6. The number of amides is 2. The molecule has 4 rings (SSSR count). The largest absolute Gasteiger partial charge is 0.506 e. The Hall–Kier alpha value is -3.82. The smallest absolute Gasteiger partial charge is 0.422 e. The molecule has 1 fully saturated rings. The van der Waals surface area contributed by atoms with E-state index >= 15 is 0 Å². The van der Waals surface area contributed by atoms with Crippen LogP contribution < -0.4 is 10.1 Å². The number of rotatable bonds is 6. The normalized spacial score (nSPS) is 16.0. The first kappa shape index (κ1) is 23.3. The number of alkyl halides is 3. The fourth-order valence-electron chi connectivity index (χ4n) is 3.97. The lowest BCUT2D eigenvalue weighted by Crippen LogP contribution is -2.45. The summed E-state index contributed by atoms with van der Waals surface area (Å²) in [6.45, 7) is -1.06. The average molecular weight is 473 g/mol. The van der Waals surface area contributed by atoms with Gasteiger partial charge in [0, 0.05) is 30.7 Å². The van der Waals surface area contributed by atoms with Crippen molar-refractivity contribution in [1.82, 2.24) is 15.2 Å². The number of ether oxygens (including phenoxy) is 1. The van der Waals surface area contributed by atoms with Crippen molar-refractivity contribution in [2.75, 3.05) is 13.2 Å². The Bertz CT molecular complexity index is 1220. The van der Waals surface area contributed by atoms with Crippen molar-refractivity contribution in [1.29, 1.82) is 0 Å². The number of nitrogens with zero attached hydrogens (tertiary/aromatic N) is 2. The summed E-state index contributed by atoms with van der Waals surface area (Å²) in [5, 5.41) is 14.7. The average Bonchev–Trinajstić information content (AvgIpc) is 3.31. The second-order valence-electron chi connectivity index (χ2n) is 7.96. The van der Waals surface area contributed by atoms with Crippen LogP contribution in [0.4, 0.5) is 13.2 Å². The van der Waals surface area contributed by atoms with E-state index < -0.39 is 24.7 Å². The number of hydrogen-bond acceptors (Lipinski definition) is 5. The van der Waals surface area contributed by atoms with Gasteiger partial charge in [-0.3, -0.25) is 9.59 Å². The maximum absolute atomic E-state index is 13.2. The van der Waals surface area contributed by atoms with Gasteiger partial charge in [-0.1, -0.05) is 30.3 Å². The van der Waals surface area contributed by atoms with E-state index in [2.05, 4.69) is 15.0 Å². The van der Waals surface area contributed by atoms with Crippen LogP contribution in [0.2, 0.25) is 0 Å². The molecule has 0 aliphatic carbocycles. The van der Waals surface area contributed by atoms with Crippen molar-refractivity contribution >= 4 is 22.6 Å². The Balaban J connectivity index is 1.42. The number of likely N-dealkylation sites (tertiary alicyclic amines) is 1. The van der Waals surface area contributed by atoms with E-state index in [4.69, 9.17) is 0 Å². The van der Waals surface area contributed by atoms with Gasteiger partial charge in [-0.25, -0.2) is 4.98 Å². The standard InChI is InChI=1S/C24H22F3N3O4/c25-24(26,27)14-34-20-12-15(9-10-28-20)13-29-22(32)19-6-3-11-30(19)23(33)18-8-7-16-4-1-2-5-17(16)21(18)31/h1-2,4-5,7-10,12,19,31H,3,6,11,13-14H2,(H,29,32). The summed E-state index contributed by atoms with van der Waals surface area (Å²) < 4.78 is 41.6. The highest BCUT2D eigenvalue weighted by Gasteiger charge is 2.35. The maximum atomic E-state index is 13.2. The fraction of sp³-hybridized carbons (Fsp3) is 0.292. The number of halogens is 3. The van der Waals surface area contributed by atoms with Crippen LogP contribution in [0.1, 0.15) is 28.8 Å². The number of carbonyl (C=O) groups is 2. The minimum atomic E-state index is -4.48. The molecule has 0 radical (unpaired) electrons. The van der Waals surface area contributed by atoms with Crippen molar-refractivity contribution in [3.63, 3.8) is 0 Å². The number of phenols is 1. The highest BCUT2D eigenvalue weighted by molar-refractivity contribution is 6.05. The molecular formula is C24H22F3N3O4. The van der Waals surface area contributed by atoms with Crippen LogP contribution in [0.5, 0.6) is 11.6 Å². The van der Waals surface area contributed by atoms with Crippen LogP contribution in [-0.4, -0.2) is 52.2 Å². The fourth-order valence-corrected chi connectivity index (χ4v) is 3.97. The number of hydrogen-bond donors (Lipinski definition) is 2. The molecule has 10 heteroatoms. The molecule has 1 atom stereocenters. The van der Waals surface area contributed by atoms with E-state index in [0.29, 0.717) is 30.3 Å². The Morgan fingerprint density at radius 1 is 1.18 bits per heavy atom. The van der Waals surface area contributed by atoms with Gasteiger partial charge >= 0.3 is 6.18 Å². The second kappa shape index (κ2) is 9.58. The molecule has 7 nitrogen and oxygen atoms in total. The molecule has 1 aliphatic heterocycles. The number of benzene rings is 2. The molecule has 2 aromatic carbocycles. The van der Waals surface area contributed by atoms with Gasteiger partial charge in [0.2, 0.25) is 11.8 Å². The molecule has 34 heavy (non-hydrogen) atoms. The summed E-state index contributed by atoms with van der Waals surface area (Å²) in [4.78, 5) is 31.2. The topological polar surface area (TPSA) is 91.8 Å². The van der Waals surface area contributed by atoms with Crippen LogP contribution >= 0.6 is 0 Å². The molecule has 2 heterocycles. The summed E-state index contributed by atoms with van der Waals surface area (Å²) in [7, 11) is 0. The lowest BCUT2D eigenvalue weighted by atomic mass is 10.0. The maximum Gasteiger partial charge on any atom is 0.422 e. The van der Waals surface area contributed by atoms with Gasteiger partial charge in [0.05, 0.1) is 5.56 Å². The molecule has 1 unspecified atom stereocenters. The first-order valence-electron chi connectivity index (χ1n) is 10.7. The molecule has 0 spiro atoms. The molecular weight excluding hydrogens is 451 g/mol. The SMILES string of the molecule is O=C(NCc1ccnc(OCC(F)(F)F)c1)C1CCCN1C(=O)c1ccc2ccccc2c1O. The number of aromatic nitrogens is 1. The van der Waals surface area contributed by atoms with Crippen molar-refractivity contribution < 1.29 is 32.6 Å². The quantitative estimate of drug-likeness (QED) is 0.568. The van der Waals surface area contributed by atoms with Gasteiger partial charge in [-0.2, -0.15) is 13.2 Å². The zero-order chi connectivity index (χ0) is 24.3. The van der Waals surface area contributed by atoms with Crippen molar-refractivity contribution in [2.45, 2.75) is 31.6 Å². The van der Waals surface area contributed by atoms with E-state index in [1.54, 1.807) is 30.3 Å². The van der Waals surface area contributed by atoms with Gasteiger partial charge in [0.1, 0.15) is 11.8 Å². The van der Waals surface area contributed by atoms with Crippen LogP contribution in [0.15, 0.2) is 54.7 Å². The third kappa shape index (κ3) is 5.22. The van der Waals surface area contributed by atoms with Gasteiger partial charge in [-0.05, 0) is 35.9 Å². The number of phenolic OH excluding ortho intramolecular Hbond substituents is 1. The van der Waals surface area contributed by atoms with E-state index in [1.165, 1.54) is 17.2 Å².